The molecule has 7 heteroatoms. The second-order valence-electron chi connectivity index (χ2n) is 8.16. The van der Waals surface area contributed by atoms with E-state index >= 15 is 0 Å². The third-order valence-electron chi connectivity index (χ3n) is 4.05. The van der Waals surface area contributed by atoms with Crippen molar-refractivity contribution < 1.29 is 41.9 Å². The Morgan fingerprint density at radius 2 is 0.429 bits per heavy atom. The summed E-state index contributed by atoms with van der Waals surface area (Å²) >= 11 is 0. The Labute approximate surface area is 234 Å². The van der Waals surface area contributed by atoms with Crippen LogP contribution in [0.3, 0.4) is 0 Å². The Morgan fingerprint density at radius 3 is 0.486 bits per heavy atom. The van der Waals surface area contributed by atoms with E-state index in [1.165, 1.54) is 44.5 Å². The molecule has 4 aromatic heterocycles. The molecule has 0 aliphatic rings. The van der Waals surface area contributed by atoms with E-state index in [1.54, 1.807) is 0 Å². The quantitative estimate of drug-likeness (QED) is 0.298. The summed E-state index contributed by atoms with van der Waals surface area (Å²) in [5.74, 6) is 0. The van der Waals surface area contributed by atoms with Gasteiger partial charge in [0.2, 0.25) is 0 Å². The molecule has 0 aliphatic heterocycles. The van der Waals surface area contributed by atoms with Crippen LogP contribution in [0.4, 0.5) is 0 Å². The van der Waals surface area contributed by atoms with Gasteiger partial charge in [-0.05, 0) is 99.9 Å². The first kappa shape index (κ1) is 37.3. The van der Waals surface area contributed by atoms with E-state index in [4.69, 9.17) is 0 Å². The van der Waals surface area contributed by atoms with Crippen LogP contribution in [0.15, 0.2) is 73.8 Å². The van der Waals surface area contributed by atoms with Gasteiger partial charge in [0.25, 0.3) is 0 Å². The molecule has 0 saturated carbocycles. The largest absolute Gasteiger partial charge is 2.00 e. The molecule has 35 heavy (non-hydrogen) atoms. The average molecular weight is 563 g/mol. The normalized spacial score (nSPS) is 8.46. The molecule has 0 bridgehead atoms. The minimum Gasteiger partial charge on any atom is -1.00 e. The molecule has 4 rings (SSSR count). The third kappa shape index (κ3) is 19.7. The maximum atomic E-state index is 3.98. The second-order valence-corrected chi connectivity index (χ2v) is 8.16. The van der Waals surface area contributed by atoms with Gasteiger partial charge in [-0.3, -0.25) is 19.9 Å². The number of hydrogen-bond acceptors (Lipinski definition) is 4. The van der Waals surface area contributed by atoms with E-state index in [0.29, 0.717) is 0 Å². The van der Waals surface area contributed by atoms with Gasteiger partial charge in [0, 0.05) is 49.6 Å². The van der Waals surface area contributed by atoms with E-state index in [0.717, 1.165) is 0 Å². The first-order valence-corrected chi connectivity index (χ1v) is 10.7. The van der Waals surface area contributed by atoms with Gasteiger partial charge in [-0.15, -0.1) is 0 Å². The van der Waals surface area contributed by atoms with Crippen molar-refractivity contribution in [3.63, 3.8) is 0 Å². The zero-order valence-corrected chi connectivity index (χ0v) is 24.2. The molecule has 0 atom stereocenters. The standard InChI is InChI=1S/4C7H9N.2ClH.Cu/c4*1-6-3-7(2)5-8-4-6;;;/h4*3-5H,1-2H3;2*1H;/q;;;;;;+2/p-2. The number of nitrogens with zero attached hydrogens (tertiary/aromatic N) is 4. The Kier molecular flexibility index (Phi) is 22.4. The van der Waals surface area contributed by atoms with Crippen LogP contribution in [0.2, 0.25) is 0 Å². The van der Waals surface area contributed by atoms with Gasteiger partial charge in [0.05, 0.1) is 0 Å². The van der Waals surface area contributed by atoms with Gasteiger partial charge in [0.15, 0.2) is 0 Å². The summed E-state index contributed by atoms with van der Waals surface area (Å²) < 4.78 is 0. The fraction of sp³-hybridized carbons (Fsp3) is 0.286. The molecule has 0 unspecified atom stereocenters. The van der Waals surface area contributed by atoms with Crippen molar-refractivity contribution in [3.8, 4) is 0 Å². The van der Waals surface area contributed by atoms with Gasteiger partial charge in [-0.2, -0.15) is 0 Å². The minimum absolute atomic E-state index is 0. The van der Waals surface area contributed by atoms with Crippen molar-refractivity contribution in [2.45, 2.75) is 55.4 Å². The zero-order valence-electron chi connectivity index (χ0n) is 21.8. The van der Waals surface area contributed by atoms with Crippen LogP contribution in [0.5, 0.6) is 0 Å². The molecule has 0 N–H and O–H groups in total. The van der Waals surface area contributed by atoms with Crippen LogP contribution in [0.25, 0.3) is 0 Å². The summed E-state index contributed by atoms with van der Waals surface area (Å²) in [4.78, 5) is 15.9. The number of aromatic nitrogens is 4. The van der Waals surface area contributed by atoms with Gasteiger partial charge < -0.3 is 24.8 Å². The zero-order chi connectivity index (χ0) is 23.9. The van der Waals surface area contributed by atoms with Crippen molar-refractivity contribution >= 4 is 0 Å². The van der Waals surface area contributed by atoms with E-state index in [2.05, 4.69) is 44.2 Å². The van der Waals surface area contributed by atoms with E-state index < -0.39 is 0 Å². The van der Waals surface area contributed by atoms with Gasteiger partial charge >= 0.3 is 17.1 Å². The molecule has 0 fully saturated rings. The van der Waals surface area contributed by atoms with Crippen LogP contribution in [0.1, 0.15) is 44.5 Å². The fourth-order valence-electron chi connectivity index (χ4n) is 2.82. The molecular formula is C28H36Cl2CuN4. The number of rotatable bonds is 0. The maximum Gasteiger partial charge on any atom is 2.00 e. The van der Waals surface area contributed by atoms with Crippen molar-refractivity contribution in [2.24, 2.45) is 0 Å². The summed E-state index contributed by atoms with van der Waals surface area (Å²) in [5, 5.41) is 0. The van der Waals surface area contributed by atoms with Gasteiger partial charge in [-0.1, -0.05) is 24.3 Å². The number of aryl methyl sites for hydroxylation is 8. The van der Waals surface area contributed by atoms with Crippen LogP contribution in [-0.4, -0.2) is 19.9 Å². The Morgan fingerprint density at radius 1 is 0.314 bits per heavy atom. The van der Waals surface area contributed by atoms with Gasteiger partial charge in [0.1, 0.15) is 0 Å². The maximum absolute atomic E-state index is 3.98. The van der Waals surface area contributed by atoms with Crippen molar-refractivity contribution in [1.29, 1.82) is 0 Å². The molecule has 4 heterocycles. The molecule has 0 saturated heterocycles. The smallest absolute Gasteiger partial charge is 1.00 e. The van der Waals surface area contributed by atoms with Gasteiger partial charge in [-0.25, -0.2) is 0 Å². The van der Waals surface area contributed by atoms with Crippen LogP contribution < -0.4 is 24.8 Å². The number of halogens is 2. The van der Waals surface area contributed by atoms with E-state index in [9.17, 15) is 0 Å². The first-order valence-electron chi connectivity index (χ1n) is 10.7. The monoisotopic (exact) mass is 561 g/mol. The first-order chi connectivity index (χ1) is 15.2. The molecule has 4 aromatic rings. The second kappa shape index (κ2) is 21.0. The molecule has 4 nitrogen and oxygen atoms in total. The van der Waals surface area contributed by atoms with Crippen LogP contribution >= 0.6 is 0 Å². The Hall–Kier alpha value is -2.30. The Balaban J connectivity index is -0.000000379. The third-order valence-corrected chi connectivity index (χ3v) is 4.05. The van der Waals surface area contributed by atoms with Crippen LogP contribution in [-0.2, 0) is 17.1 Å². The van der Waals surface area contributed by atoms with Crippen molar-refractivity contribution in [3.05, 3.63) is 118 Å². The summed E-state index contributed by atoms with van der Waals surface area (Å²) in [6, 6.07) is 8.42. The summed E-state index contributed by atoms with van der Waals surface area (Å²) in [7, 11) is 0. The van der Waals surface area contributed by atoms with E-state index in [-0.39, 0.29) is 41.9 Å². The van der Waals surface area contributed by atoms with E-state index in [1.807, 2.05) is 105 Å². The number of hydrogen-bond donors (Lipinski definition) is 0. The summed E-state index contributed by atoms with van der Waals surface area (Å²) in [6.07, 6.45) is 14.8. The minimum atomic E-state index is 0. The molecule has 0 aromatic carbocycles. The number of pyridine rings is 4. The summed E-state index contributed by atoms with van der Waals surface area (Å²) in [5.41, 5.74) is 9.81. The molecule has 193 valence electrons. The SMILES string of the molecule is Cc1cncc(C)c1.Cc1cncc(C)c1.Cc1cncc(C)c1.Cc1cncc(C)c1.[Cl-].[Cl-].[Cu+2]. The topological polar surface area (TPSA) is 51.6 Å². The predicted octanol–water partition coefficient (Wildman–Crippen LogP) is 0.799. The fourth-order valence-corrected chi connectivity index (χ4v) is 2.82. The van der Waals surface area contributed by atoms with Crippen molar-refractivity contribution in [2.75, 3.05) is 0 Å². The average Bonchev–Trinajstić information content (AvgIpc) is 2.69. The van der Waals surface area contributed by atoms with Crippen LogP contribution in [0, 0.1) is 55.4 Å². The molecule has 0 spiro atoms. The molecule has 1 radical (unpaired) electrons. The summed E-state index contributed by atoms with van der Waals surface area (Å²) in [6.45, 7) is 16.3. The molecule has 0 amide bonds. The molecular weight excluding hydrogens is 527 g/mol. The Bertz CT molecular complexity index is 849. The molecule has 0 aliphatic carbocycles. The van der Waals surface area contributed by atoms with Crippen molar-refractivity contribution in [1.82, 2.24) is 19.9 Å². The predicted molar refractivity (Wildman–Crippen MR) is 135 cm³/mol.